The van der Waals surface area contributed by atoms with Gasteiger partial charge in [0.2, 0.25) is 0 Å². The maximum atomic E-state index is 13.0. The average molecular weight is 485 g/mol. The van der Waals surface area contributed by atoms with E-state index in [-0.39, 0.29) is 30.2 Å². The second kappa shape index (κ2) is 8.51. The van der Waals surface area contributed by atoms with Crippen molar-refractivity contribution in [3.8, 4) is 11.3 Å². The average Bonchev–Trinajstić information content (AvgIpc) is 3.28. The number of hydrogen-bond acceptors (Lipinski definition) is 7. The Labute approximate surface area is 176 Å². The van der Waals surface area contributed by atoms with E-state index in [0.717, 1.165) is 34.4 Å². The molecule has 160 valence electrons. The number of nitrogens with zero attached hydrogens (tertiary/aromatic N) is 3. The van der Waals surface area contributed by atoms with Gasteiger partial charge in [0, 0.05) is 17.4 Å². The molecule has 0 bridgehead atoms. The van der Waals surface area contributed by atoms with Crippen molar-refractivity contribution in [1.29, 1.82) is 0 Å². The maximum absolute atomic E-state index is 13.0. The van der Waals surface area contributed by atoms with E-state index in [9.17, 15) is 31.1 Å². The number of aromatic nitrogens is 3. The van der Waals surface area contributed by atoms with E-state index in [1.54, 1.807) is 0 Å². The van der Waals surface area contributed by atoms with Crippen LogP contribution in [0.3, 0.4) is 0 Å². The number of aryl methyl sites for hydroxylation is 1. The molecule has 3 rings (SSSR count). The van der Waals surface area contributed by atoms with Crippen molar-refractivity contribution < 1.29 is 36.2 Å². The highest BCUT2D eigenvalue weighted by Gasteiger charge is 2.37. The van der Waals surface area contributed by atoms with E-state index in [0.29, 0.717) is 25.8 Å². The zero-order chi connectivity index (χ0) is 22.1. The minimum Gasteiger partial charge on any atom is -0.481 e. The Hall–Kier alpha value is -2.19. The summed E-state index contributed by atoms with van der Waals surface area (Å²) in [5.41, 5.74) is -3.17. The number of thiazole rings is 1. The predicted octanol–water partition coefficient (Wildman–Crippen LogP) is 5.87. The van der Waals surface area contributed by atoms with Crippen molar-refractivity contribution in [2.24, 2.45) is 0 Å². The first-order chi connectivity index (χ1) is 13.9. The lowest BCUT2D eigenvalue weighted by Crippen LogP contribution is -2.11. The second-order valence-corrected chi connectivity index (χ2v) is 9.17. The van der Waals surface area contributed by atoms with Gasteiger partial charge in [0.1, 0.15) is 5.01 Å². The number of alkyl halides is 6. The summed E-state index contributed by atoms with van der Waals surface area (Å²) in [6.45, 7) is 0. The van der Waals surface area contributed by atoms with Crippen LogP contribution in [0.2, 0.25) is 0 Å². The Kier molecular flexibility index (Phi) is 6.38. The van der Waals surface area contributed by atoms with Crippen molar-refractivity contribution in [2.75, 3.05) is 0 Å². The summed E-state index contributed by atoms with van der Waals surface area (Å²) in [6, 6.07) is 1.30. The number of halogens is 6. The van der Waals surface area contributed by atoms with Crippen LogP contribution in [0.1, 0.15) is 22.6 Å². The molecule has 0 atom stereocenters. The molecule has 14 heteroatoms. The van der Waals surface area contributed by atoms with Crippen molar-refractivity contribution in [1.82, 2.24) is 15.2 Å². The van der Waals surface area contributed by atoms with Gasteiger partial charge < -0.3 is 5.11 Å². The number of carboxylic acid groups (broad SMARTS) is 1. The highest BCUT2D eigenvalue weighted by Crippen LogP contribution is 2.40. The molecule has 0 aliphatic carbocycles. The van der Waals surface area contributed by atoms with E-state index in [1.807, 2.05) is 0 Å². The van der Waals surface area contributed by atoms with E-state index < -0.39 is 29.4 Å². The molecule has 1 N–H and O–H groups in total. The van der Waals surface area contributed by atoms with E-state index >= 15 is 0 Å². The SMILES string of the molecule is O=C(O)CCc1nnc(Sc2nc(-c3cc(C(F)(F)F)cc(C(F)(F)F)c3)cs2)s1. The third-order valence-electron chi connectivity index (χ3n) is 3.54. The largest absolute Gasteiger partial charge is 0.481 e. The Morgan fingerprint density at radius 3 is 2.20 bits per heavy atom. The highest BCUT2D eigenvalue weighted by atomic mass is 32.2. The molecule has 0 amide bonds. The molecule has 0 fully saturated rings. The molecule has 0 aliphatic heterocycles. The van der Waals surface area contributed by atoms with Gasteiger partial charge >= 0.3 is 18.3 Å². The number of benzene rings is 1. The van der Waals surface area contributed by atoms with Crippen LogP contribution in [0.5, 0.6) is 0 Å². The number of rotatable bonds is 6. The van der Waals surface area contributed by atoms with Crippen LogP contribution in [0.25, 0.3) is 11.3 Å². The van der Waals surface area contributed by atoms with Crippen LogP contribution in [0.4, 0.5) is 26.3 Å². The van der Waals surface area contributed by atoms with Gasteiger partial charge in [-0.25, -0.2) is 4.98 Å². The molecule has 1 aromatic carbocycles. The van der Waals surface area contributed by atoms with Crippen LogP contribution < -0.4 is 0 Å². The summed E-state index contributed by atoms with van der Waals surface area (Å²) in [5.74, 6) is -0.983. The molecule has 0 radical (unpaired) electrons. The van der Waals surface area contributed by atoms with Gasteiger partial charge in [-0.3, -0.25) is 4.79 Å². The normalized spacial score (nSPS) is 12.3. The summed E-state index contributed by atoms with van der Waals surface area (Å²) < 4.78 is 78.9. The standard InChI is InChI=1S/C16H9F6N3O2S3/c17-15(18,19)8-3-7(4-9(5-8)16(20,21)22)10-6-28-13(23-10)30-14-25-24-11(29-14)1-2-12(26)27/h3-6H,1-2H2,(H,26,27). The fourth-order valence-corrected chi connectivity index (χ4v) is 5.13. The lowest BCUT2D eigenvalue weighted by molar-refractivity contribution is -0.143. The number of carboxylic acids is 1. The fourth-order valence-electron chi connectivity index (χ4n) is 2.21. The molecule has 2 heterocycles. The molecule has 30 heavy (non-hydrogen) atoms. The smallest absolute Gasteiger partial charge is 0.416 e. The Balaban J connectivity index is 1.84. The topological polar surface area (TPSA) is 76.0 Å². The van der Waals surface area contributed by atoms with Crippen LogP contribution in [-0.2, 0) is 23.6 Å². The van der Waals surface area contributed by atoms with Crippen molar-refractivity contribution >= 4 is 40.4 Å². The van der Waals surface area contributed by atoms with Gasteiger partial charge in [-0.1, -0.05) is 11.3 Å². The summed E-state index contributed by atoms with van der Waals surface area (Å²) in [6.07, 6.45) is -9.80. The predicted molar refractivity (Wildman–Crippen MR) is 97.5 cm³/mol. The van der Waals surface area contributed by atoms with Gasteiger partial charge in [-0.2, -0.15) is 26.3 Å². The molecule has 5 nitrogen and oxygen atoms in total. The van der Waals surface area contributed by atoms with Crippen LogP contribution in [0, 0.1) is 0 Å². The number of aliphatic carboxylic acids is 1. The summed E-state index contributed by atoms with van der Waals surface area (Å²) in [7, 11) is 0. The lowest BCUT2D eigenvalue weighted by atomic mass is 10.0. The molecular weight excluding hydrogens is 476 g/mol. The Morgan fingerprint density at radius 1 is 1.00 bits per heavy atom. The zero-order valence-corrected chi connectivity index (χ0v) is 16.9. The first-order valence-electron chi connectivity index (χ1n) is 7.89. The monoisotopic (exact) mass is 485 g/mol. The maximum Gasteiger partial charge on any atom is 0.416 e. The molecule has 2 aromatic heterocycles. The minimum absolute atomic E-state index is 0.0327. The molecule has 0 unspecified atom stereocenters. The fraction of sp³-hybridized carbons (Fsp3) is 0.250. The summed E-state index contributed by atoms with van der Waals surface area (Å²) in [5, 5.41) is 18.2. The molecule has 0 aliphatic rings. The van der Waals surface area contributed by atoms with E-state index in [2.05, 4.69) is 15.2 Å². The van der Waals surface area contributed by atoms with Gasteiger partial charge in [0.15, 0.2) is 8.68 Å². The highest BCUT2D eigenvalue weighted by molar-refractivity contribution is 8.02. The van der Waals surface area contributed by atoms with Crippen molar-refractivity contribution in [3.05, 3.63) is 39.7 Å². The third-order valence-corrected chi connectivity index (χ3v) is 6.51. The molecule has 0 saturated carbocycles. The van der Waals surface area contributed by atoms with Crippen LogP contribution in [-0.4, -0.2) is 26.3 Å². The molecule has 0 spiro atoms. The first-order valence-corrected chi connectivity index (χ1v) is 10.4. The van der Waals surface area contributed by atoms with E-state index in [4.69, 9.17) is 5.11 Å². The second-order valence-electron chi connectivity index (χ2n) is 5.75. The summed E-state index contributed by atoms with van der Waals surface area (Å²) in [4.78, 5) is 14.7. The third kappa shape index (κ3) is 5.70. The van der Waals surface area contributed by atoms with Crippen molar-refractivity contribution in [2.45, 2.75) is 33.9 Å². The lowest BCUT2D eigenvalue weighted by Gasteiger charge is -2.13. The number of hydrogen-bond donors (Lipinski definition) is 1. The molecule has 0 saturated heterocycles. The first kappa shape index (κ1) is 22.5. The molecular formula is C16H9F6N3O2S3. The number of carbonyl (C=O) groups is 1. The van der Waals surface area contributed by atoms with Gasteiger partial charge in [0.05, 0.1) is 23.2 Å². The Morgan fingerprint density at radius 2 is 1.63 bits per heavy atom. The summed E-state index contributed by atoms with van der Waals surface area (Å²) >= 11 is 3.20. The zero-order valence-electron chi connectivity index (χ0n) is 14.4. The van der Waals surface area contributed by atoms with Gasteiger partial charge in [-0.15, -0.1) is 21.5 Å². The van der Waals surface area contributed by atoms with Gasteiger partial charge in [0.25, 0.3) is 0 Å². The van der Waals surface area contributed by atoms with Gasteiger partial charge in [-0.05, 0) is 30.0 Å². The minimum atomic E-state index is -4.94. The Bertz CT molecular complexity index is 1030. The van der Waals surface area contributed by atoms with Crippen LogP contribution >= 0.6 is 34.4 Å². The quantitative estimate of drug-likeness (QED) is 0.441. The van der Waals surface area contributed by atoms with Crippen molar-refractivity contribution in [3.63, 3.8) is 0 Å². The van der Waals surface area contributed by atoms with E-state index in [1.165, 1.54) is 5.38 Å². The van der Waals surface area contributed by atoms with Crippen LogP contribution in [0.15, 0.2) is 32.3 Å². The molecule has 3 aromatic rings.